The van der Waals surface area contributed by atoms with E-state index in [1.54, 1.807) is 38.1 Å². The topological polar surface area (TPSA) is 135 Å². The van der Waals surface area contributed by atoms with Crippen molar-refractivity contribution in [1.82, 2.24) is 9.97 Å². The van der Waals surface area contributed by atoms with E-state index in [9.17, 15) is 18.5 Å². The van der Waals surface area contributed by atoms with Gasteiger partial charge in [0.15, 0.2) is 0 Å². The van der Waals surface area contributed by atoms with E-state index >= 15 is 0 Å². The van der Waals surface area contributed by atoms with Gasteiger partial charge in [0.1, 0.15) is 17.4 Å². The summed E-state index contributed by atoms with van der Waals surface area (Å²) in [6.07, 6.45) is 1.93. The monoisotopic (exact) mass is 517 g/mol. The van der Waals surface area contributed by atoms with Crippen LogP contribution in [0.5, 0.6) is 5.75 Å². The van der Waals surface area contributed by atoms with Gasteiger partial charge in [0.25, 0.3) is 0 Å². The smallest absolute Gasteiger partial charge is 0.442 e. The molecular formula is C24H28FN5O5S. The minimum atomic E-state index is -2.98. The van der Waals surface area contributed by atoms with E-state index in [2.05, 4.69) is 25.0 Å². The summed E-state index contributed by atoms with van der Waals surface area (Å²) in [5.74, 6) is 0.502. The summed E-state index contributed by atoms with van der Waals surface area (Å²) in [4.78, 5) is 20.7. The molecule has 10 nitrogen and oxygen atoms in total. The maximum Gasteiger partial charge on any atom is 0.442 e. The third-order valence-electron chi connectivity index (χ3n) is 4.97. The summed E-state index contributed by atoms with van der Waals surface area (Å²) in [5.41, 5.74) is 1.20. The molecule has 1 aromatic heterocycles. The van der Waals surface area contributed by atoms with Crippen LogP contribution in [-0.4, -0.2) is 58.0 Å². The second-order valence-corrected chi connectivity index (χ2v) is 10.0. The van der Waals surface area contributed by atoms with E-state index in [0.717, 1.165) is 0 Å². The molecular weight excluding hydrogens is 489 g/mol. The summed E-state index contributed by atoms with van der Waals surface area (Å²) in [5, 5.41) is 15.6. The highest BCUT2D eigenvalue weighted by Crippen LogP contribution is 2.32. The number of carbonyl (C=O) groups is 1. The lowest BCUT2D eigenvalue weighted by Crippen LogP contribution is -2.21. The molecule has 0 radical (unpaired) electrons. The number of carbonyl (C=O) groups excluding carboxylic acids is 1. The quantitative estimate of drug-likeness (QED) is 0.376. The van der Waals surface area contributed by atoms with Crippen molar-refractivity contribution in [3.8, 4) is 16.9 Å². The van der Waals surface area contributed by atoms with Gasteiger partial charge in [-0.05, 0) is 56.3 Å². The van der Waals surface area contributed by atoms with Gasteiger partial charge in [0.05, 0.1) is 30.1 Å². The molecule has 0 fully saturated rings. The number of aromatic nitrogens is 2. The van der Waals surface area contributed by atoms with Crippen LogP contribution in [0.25, 0.3) is 11.1 Å². The van der Waals surface area contributed by atoms with Gasteiger partial charge in [0, 0.05) is 40.2 Å². The Balaban J connectivity index is 1.91. The van der Waals surface area contributed by atoms with Crippen molar-refractivity contribution in [3.63, 3.8) is 0 Å². The van der Waals surface area contributed by atoms with E-state index in [-0.39, 0.29) is 30.8 Å². The van der Waals surface area contributed by atoms with Crippen LogP contribution in [-0.2, 0) is 14.5 Å². The molecule has 3 N–H and O–H groups in total. The van der Waals surface area contributed by atoms with Gasteiger partial charge in [-0.25, -0.2) is 18.4 Å². The Kier molecular flexibility index (Phi) is 8.78. The van der Waals surface area contributed by atoms with Gasteiger partial charge in [-0.3, -0.25) is 0 Å². The number of hydrogen-bond donors (Lipinski definition) is 3. The second-order valence-electron chi connectivity index (χ2n) is 7.77. The third-order valence-corrected chi connectivity index (χ3v) is 6.62. The van der Waals surface area contributed by atoms with Crippen molar-refractivity contribution in [2.75, 3.05) is 37.2 Å². The molecule has 0 bridgehead atoms. The highest BCUT2D eigenvalue weighted by Gasteiger charge is 2.17. The Morgan fingerprint density at radius 1 is 1.22 bits per heavy atom. The van der Waals surface area contributed by atoms with Gasteiger partial charge in [0.2, 0.25) is 5.95 Å². The van der Waals surface area contributed by atoms with Gasteiger partial charge in [-0.2, -0.15) is 4.98 Å². The lowest BCUT2D eigenvalue weighted by atomic mass is 10.1. The highest BCUT2D eigenvalue weighted by molar-refractivity contribution is 7.93. The molecule has 1 amide bonds. The Hall–Kier alpha value is -3.77. The fraction of sp³-hybridized carbons (Fsp3) is 0.292. The molecule has 0 aliphatic rings. The number of benzene rings is 2. The molecule has 0 spiro atoms. The van der Waals surface area contributed by atoms with Crippen molar-refractivity contribution in [1.29, 1.82) is 0 Å². The molecule has 192 valence electrons. The number of amides is 1. The number of methoxy groups -OCH3 is 1. The van der Waals surface area contributed by atoms with Crippen molar-refractivity contribution in [3.05, 3.63) is 54.5 Å². The first kappa shape index (κ1) is 26.8. The Morgan fingerprint density at radius 2 is 1.94 bits per heavy atom. The summed E-state index contributed by atoms with van der Waals surface area (Å²) < 4.78 is 41.0. The summed E-state index contributed by atoms with van der Waals surface area (Å²) in [6.45, 7) is 3.36. The fourth-order valence-corrected chi connectivity index (χ4v) is 4.21. The SMILES string of the molecule is CCOC(=O)N=S(C)(=O)c1ccc(Nc2ncc(-c3cc(OC)ccc3F)c(N[C@H](C)CO)n2)cc1. The zero-order chi connectivity index (χ0) is 26.3. The van der Waals surface area contributed by atoms with Crippen LogP contribution in [0.2, 0.25) is 0 Å². The van der Waals surface area contributed by atoms with E-state index in [1.807, 2.05) is 0 Å². The standard InChI is InChI=1S/C24H28FN5O5S/c1-5-35-24(32)30-36(4,33)18-9-6-16(7-10-18)28-23-26-13-20(22(29-23)27-15(2)14-31)19-12-17(34-3)8-11-21(19)25/h6-13,15,31H,5,14H2,1-4H3,(H2,26,27,28,29)/t15-,36?/m1/s1. The zero-order valence-corrected chi connectivity index (χ0v) is 21.1. The largest absolute Gasteiger partial charge is 0.497 e. The first-order valence-corrected chi connectivity index (χ1v) is 12.9. The van der Waals surface area contributed by atoms with Crippen LogP contribution >= 0.6 is 0 Å². The summed E-state index contributed by atoms with van der Waals surface area (Å²) in [7, 11) is -1.49. The molecule has 12 heteroatoms. The number of rotatable bonds is 9. The van der Waals surface area contributed by atoms with Gasteiger partial charge in [-0.15, -0.1) is 4.36 Å². The molecule has 36 heavy (non-hydrogen) atoms. The molecule has 1 heterocycles. The van der Waals surface area contributed by atoms with Crippen LogP contribution in [0, 0.1) is 5.82 Å². The molecule has 0 saturated heterocycles. The number of aliphatic hydroxyl groups excluding tert-OH is 1. The molecule has 1 unspecified atom stereocenters. The van der Waals surface area contributed by atoms with Crippen LogP contribution in [0.4, 0.5) is 26.6 Å². The Bertz CT molecular complexity index is 1340. The lowest BCUT2D eigenvalue weighted by molar-refractivity contribution is 0.164. The van der Waals surface area contributed by atoms with E-state index < -0.39 is 21.6 Å². The summed E-state index contributed by atoms with van der Waals surface area (Å²) in [6, 6.07) is 10.4. The molecule has 3 aromatic rings. The molecule has 2 aromatic carbocycles. The van der Waals surface area contributed by atoms with Crippen molar-refractivity contribution < 1.29 is 28.0 Å². The van der Waals surface area contributed by atoms with Crippen molar-refractivity contribution in [2.24, 2.45) is 4.36 Å². The van der Waals surface area contributed by atoms with Crippen LogP contribution in [0.3, 0.4) is 0 Å². The average molecular weight is 518 g/mol. The third kappa shape index (κ3) is 6.67. The van der Waals surface area contributed by atoms with Crippen LogP contribution in [0.15, 0.2) is 57.9 Å². The zero-order valence-electron chi connectivity index (χ0n) is 20.3. The Morgan fingerprint density at radius 3 is 2.58 bits per heavy atom. The minimum Gasteiger partial charge on any atom is -0.497 e. The normalized spacial score (nSPS) is 13.3. The van der Waals surface area contributed by atoms with Gasteiger partial charge in [-0.1, -0.05) is 0 Å². The highest BCUT2D eigenvalue weighted by atomic mass is 32.2. The predicted octanol–water partition coefficient (Wildman–Crippen LogP) is 4.44. The molecule has 0 aliphatic carbocycles. The van der Waals surface area contributed by atoms with E-state index in [4.69, 9.17) is 9.47 Å². The van der Waals surface area contributed by atoms with Crippen molar-refractivity contribution in [2.45, 2.75) is 24.8 Å². The molecule has 3 rings (SSSR count). The predicted molar refractivity (Wildman–Crippen MR) is 136 cm³/mol. The number of aliphatic hydroxyl groups is 1. The number of halogens is 1. The first-order valence-electron chi connectivity index (χ1n) is 11.0. The van der Waals surface area contributed by atoms with Crippen LogP contribution < -0.4 is 15.4 Å². The van der Waals surface area contributed by atoms with Crippen molar-refractivity contribution >= 4 is 33.3 Å². The number of hydrogen-bond acceptors (Lipinski definition) is 9. The number of nitrogens with zero attached hydrogens (tertiary/aromatic N) is 3. The maximum atomic E-state index is 14.6. The fourth-order valence-electron chi connectivity index (χ4n) is 3.13. The molecule has 0 aliphatic heterocycles. The molecule has 2 atom stereocenters. The van der Waals surface area contributed by atoms with E-state index in [0.29, 0.717) is 27.7 Å². The maximum absolute atomic E-state index is 14.6. The van der Waals surface area contributed by atoms with Crippen LogP contribution in [0.1, 0.15) is 13.8 Å². The first-order chi connectivity index (χ1) is 17.2. The summed E-state index contributed by atoms with van der Waals surface area (Å²) >= 11 is 0. The number of anilines is 3. The Labute approximate surface area is 209 Å². The minimum absolute atomic E-state index is 0.137. The second kappa shape index (κ2) is 11.8. The number of nitrogens with one attached hydrogen (secondary N) is 2. The van der Waals surface area contributed by atoms with E-state index in [1.165, 1.54) is 37.8 Å². The van der Waals surface area contributed by atoms with Gasteiger partial charge < -0.3 is 25.2 Å². The molecule has 0 saturated carbocycles. The number of ether oxygens (including phenoxy) is 2. The average Bonchev–Trinajstić information content (AvgIpc) is 2.85. The lowest BCUT2D eigenvalue weighted by Gasteiger charge is -2.17. The van der Waals surface area contributed by atoms with Gasteiger partial charge >= 0.3 is 6.09 Å².